The highest BCUT2D eigenvalue weighted by atomic mass is 35.5. The van der Waals surface area contributed by atoms with Gasteiger partial charge in [-0.2, -0.15) is 0 Å². The van der Waals surface area contributed by atoms with Crippen molar-refractivity contribution in [2.45, 2.75) is 13.0 Å². The minimum atomic E-state index is -0.527. The molecule has 3 aromatic rings. The summed E-state index contributed by atoms with van der Waals surface area (Å²) in [6.07, 6.45) is 0. The first kappa shape index (κ1) is 15.6. The first-order valence-corrected chi connectivity index (χ1v) is 8.77. The van der Waals surface area contributed by atoms with Crippen LogP contribution in [0.4, 0.5) is 0 Å². The Morgan fingerprint density at radius 1 is 1.08 bits per heavy atom. The van der Waals surface area contributed by atoms with Gasteiger partial charge in [-0.1, -0.05) is 35.3 Å². The lowest BCUT2D eigenvalue weighted by Gasteiger charge is -2.23. The Morgan fingerprint density at radius 2 is 1.71 bits per heavy atom. The molecule has 1 aromatic carbocycles. The lowest BCUT2D eigenvalue weighted by Crippen LogP contribution is -2.32. The molecule has 1 aliphatic heterocycles. The summed E-state index contributed by atoms with van der Waals surface area (Å²) >= 11 is 13.6. The van der Waals surface area contributed by atoms with Crippen molar-refractivity contribution in [3.8, 4) is 0 Å². The van der Waals surface area contributed by atoms with Gasteiger partial charge in [0, 0.05) is 10.9 Å². The fourth-order valence-electron chi connectivity index (χ4n) is 2.93. The quantitative estimate of drug-likeness (QED) is 0.469. The molecule has 4 nitrogen and oxygen atoms in total. The van der Waals surface area contributed by atoms with Gasteiger partial charge in [0.1, 0.15) is 9.98 Å². The first-order chi connectivity index (χ1) is 11.5. The first-order valence-electron chi connectivity index (χ1n) is 7.20. The summed E-state index contributed by atoms with van der Waals surface area (Å²) in [5, 5.41) is 1.11. The highest BCUT2D eigenvalue weighted by Gasteiger charge is 2.39. The molecule has 3 heterocycles. The van der Waals surface area contributed by atoms with E-state index in [2.05, 4.69) is 4.98 Å². The number of nitrogens with zero attached hydrogens (tertiary/aromatic N) is 2. The second-order valence-corrected chi connectivity index (χ2v) is 7.54. The third kappa shape index (κ3) is 2.24. The van der Waals surface area contributed by atoms with E-state index in [1.807, 2.05) is 6.07 Å². The van der Waals surface area contributed by atoms with Crippen molar-refractivity contribution in [3.63, 3.8) is 0 Å². The molecule has 0 saturated heterocycles. The third-order valence-electron chi connectivity index (χ3n) is 4.12. The fourth-order valence-corrected chi connectivity index (χ4v) is 4.36. The van der Waals surface area contributed by atoms with Gasteiger partial charge in [0.2, 0.25) is 0 Å². The molecule has 4 rings (SSSR count). The largest absolute Gasteiger partial charge is 0.269 e. The summed E-state index contributed by atoms with van der Waals surface area (Å²) in [6, 6.07) is 9.90. The molecule has 0 spiro atoms. The van der Waals surface area contributed by atoms with Crippen LogP contribution < -0.4 is 0 Å². The van der Waals surface area contributed by atoms with E-state index in [1.54, 1.807) is 37.3 Å². The van der Waals surface area contributed by atoms with E-state index >= 15 is 0 Å². The lowest BCUT2D eigenvalue weighted by molar-refractivity contribution is 0.0595. The monoisotopic (exact) mass is 376 g/mol. The molecular formula is C17H10Cl2N2O2S. The number of aromatic nitrogens is 1. The summed E-state index contributed by atoms with van der Waals surface area (Å²) in [4.78, 5) is 31.5. The van der Waals surface area contributed by atoms with Crippen molar-refractivity contribution in [2.75, 3.05) is 0 Å². The molecule has 0 radical (unpaired) electrons. The van der Waals surface area contributed by atoms with Gasteiger partial charge < -0.3 is 0 Å². The van der Waals surface area contributed by atoms with Crippen LogP contribution in [0.15, 0.2) is 36.4 Å². The number of carbonyl (C=O) groups excluding carboxylic acids is 2. The number of pyridine rings is 1. The Hall–Kier alpha value is -1.95. The maximum atomic E-state index is 12.6. The number of thiophene rings is 1. The molecule has 2 aromatic heterocycles. The summed E-state index contributed by atoms with van der Waals surface area (Å²) in [5.74, 6) is -0.634. The molecule has 1 aliphatic rings. The van der Waals surface area contributed by atoms with Crippen LogP contribution in [0.3, 0.4) is 0 Å². The van der Waals surface area contributed by atoms with Crippen LogP contribution in [0.5, 0.6) is 0 Å². The summed E-state index contributed by atoms with van der Waals surface area (Å²) < 4.78 is 0.610. The molecule has 0 aliphatic carbocycles. The van der Waals surface area contributed by atoms with Crippen molar-refractivity contribution in [1.29, 1.82) is 0 Å². The Balaban J connectivity index is 1.80. The second-order valence-electron chi connectivity index (χ2n) is 5.52. The number of imide groups is 1. The highest BCUT2D eigenvalue weighted by molar-refractivity contribution is 7.22. The molecule has 24 heavy (non-hydrogen) atoms. The van der Waals surface area contributed by atoms with E-state index in [4.69, 9.17) is 23.2 Å². The van der Waals surface area contributed by atoms with Crippen LogP contribution >= 0.6 is 34.5 Å². The number of rotatable bonds is 2. The average Bonchev–Trinajstić information content (AvgIpc) is 3.03. The molecule has 0 saturated carbocycles. The second kappa shape index (κ2) is 5.55. The van der Waals surface area contributed by atoms with E-state index in [1.165, 1.54) is 16.2 Å². The number of halogens is 2. The van der Waals surface area contributed by atoms with Crippen LogP contribution in [-0.4, -0.2) is 21.7 Å². The minimum absolute atomic E-state index is 0.269. The summed E-state index contributed by atoms with van der Waals surface area (Å²) in [7, 11) is 0. The van der Waals surface area contributed by atoms with Gasteiger partial charge in [-0.15, -0.1) is 11.3 Å². The molecule has 0 N–H and O–H groups in total. The van der Waals surface area contributed by atoms with E-state index in [9.17, 15) is 9.59 Å². The smallest absolute Gasteiger partial charge is 0.262 e. The number of amides is 2. The molecular weight excluding hydrogens is 367 g/mol. The molecule has 2 amide bonds. The van der Waals surface area contributed by atoms with E-state index < -0.39 is 6.04 Å². The predicted octanol–water partition coefficient (Wildman–Crippen LogP) is 4.96. The molecule has 120 valence electrons. The molecule has 0 unspecified atom stereocenters. The van der Waals surface area contributed by atoms with E-state index in [0.29, 0.717) is 21.0 Å². The number of carbonyl (C=O) groups is 2. The van der Waals surface area contributed by atoms with Crippen molar-refractivity contribution in [1.82, 2.24) is 9.88 Å². The standard InChI is InChI=1S/C17H10Cl2N2O2S/c1-8(12-6-9-7-13(18)24-15(9)20-14(12)19)21-16(22)10-4-2-3-5-11(10)17(21)23/h2-8H,1H3/t8-/m0/s1. The maximum absolute atomic E-state index is 12.6. The van der Waals surface area contributed by atoms with Crippen molar-refractivity contribution >= 4 is 56.6 Å². The van der Waals surface area contributed by atoms with Gasteiger partial charge in [0.25, 0.3) is 11.8 Å². The van der Waals surface area contributed by atoms with Gasteiger partial charge >= 0.3 is 0 Å². The maximum Gasteiger partial charge on any atom is 0.262 e. The van der Waals surface area contributed by atoms with Gasteiger partial charge in [-0.05, 0) is 31.2 Å². The van der Waals surface area contributed by atoms with Crippen LogP contribution in [0.1, 0.15) is 39.2 Å². The SMILES string of the molecule is C[C@@H](c1cc2cc(Cl)sc2nc1Cl)N1C(=O)c2ccccc2C1=O. The van der Waals surface area contributed by atoms with Crippen LogP contribution in [-0.2, 0) is 0 Å². The number of hydrogen-bond acceptors (Lipinski definition) is 4. The zero-order chi connectivity index (χ0) is 17.0. The Morgan fingerprint density at radius 3 is 2.33 bits per heavy atom. The van der Waals surface area contributed by atoms with Crippen LogP contribution in [0, 0.1) is 0 Å². The number of fused-ring (bicyclic) bond motifs is 2. The minimum Gasteiger partial charge on any atom is -0.269 e. The van der Waals surface area contributed by atoms with Crippen molar-refractivity contribution in [2.24, 2.45) is 0 Å². The van der Waals surface area contributed by atoms with Gasteiger partial charge in [0.05, 0.1) is 21.5 Å². The van der Waals surface area contributed by atoms with Gasteiger partial charge in [-0.25, -0.2) is 4.98 Å². The number of hydrogen-bond donors (Lipinski definition) is 0. The van der Waals surface area contributed by atoms with E-state index in [-0.39, 0.29) is 17.0 Å². The van der Waals surface area contributed by atoms with Crippen LogP contribution in [0.2, 0.25) is 9.49 Å². The zero-order valence-electron chi connectivity index (χ0n) is 12.4. The van der Waals surface area contributed by atoms with Gasteiger partial charge in [0.15, 0.2) is 0 Å². The Kier molecular flexibility index (Phi) is 3.60. The molecule has 0 fully saturated rings. The number of benzene rings is 1. The summed E-state index contributed by atoms with van der Waals surface area (Å²) in [6.45, 7) is 1.77. The van der Waals surface area contributed by atoms with Crippen molar-refractivity contribution < 1.29 is 9.59 Å². The lowest BCUT2D eigenvalue weighted by atomic mass is 10.1. The molecule has 1 atom stereocenters. The highest BCUT2D eigenvalue weighted by Crippen LogP contribution is 2.37. The molecule has 7 heteroatoms. The third-order valence-corrected chi connectivity index (χ3v) is 5.60. The van der Waals surface area contributed by atoms with Crippen LogP contribution in [0.25, 0.3) is 10.2 Å². The topological polar surface area (TPSA) is 50.3 Å². The normalized spacial score (nSPS) is 15.2. The zero-order valence-corrected chi connectivity index (χ0v) is 14.7. The fraction of sp³-hybridized carbons (Fsp3) is 0.118. The van der Waals surface area contributed by atoms with Crippen molar-refractivity contribution in [3.05, 3.63) is 62.6 Å². The Labute approximate surface area is 151 Å². The Bertz CT molecular complexity index is 980. The summed E-state index contributed by atoms with van der Waals surface area (Å²) in [5.41, 5.74) is 1.45. The van der Waals surface area contributed by atoms with E-state index in [0.717, 1.165) is 10.2 Å². The predicted molar refractivity (Wildman–Crippen MR) is 95.0 cm³/mol. The average molecular weight is 377 g/mol. The molecule has 0 bridgehead atoms. The van der Waals surface area contributed by atoms with Gasteiger partial charge in [-0.3, -0.25) is 14.5 Å².